The van der Waals surface area contributed by atoms with E-state index in [1.807, 2.05) is 11.0 Å². The molecule has 9 heteroatoms. The Hall–Kier alpha value is -2.68. The van der Waals surface area contributed by atoms with Crippen molar-refractivity contribution in [1.29, 1.82) is 0 Å². The molecule has 1 amide bonds. The number of likely N-dealkylation sites (tertiary alicyclic amines) is 2. The van der Waals surface area contributed by atoms with Crippen molar-refractivity contribution in [3.05, 3.63) is 47.9 Å². The second kappa shape index (κ2) is 6.98. The fourth-order valence-corrected chi connectivity index (χ4v) is 4.06. The van der Waals surface area contributed by atoms with E-state index in [1.165, 1.54) is 6.07 Å². The van der Waals surface area contributed by atoms with Crippen LogP contribution in [0.5, 0.6) is 5.75 Å². The molecular formula is C20H19F4N3O2. The Morgan fingerprint density at radius 3 is 2.52 bits per heavy atom. The van der Waals surface area contributed by atoms with E-state index in [4.69, 9.17) is 0 Å². The topological polar surface area (TPSA) is 45.7 Å². The van der Waals surface area contributed by atoms with Crippen LogP contribution in [0.2, 0.25) is 0 Å². The monoisotopic (exact) mass is 409 g/mol. The fourth-order valence-electron chi connectivity index (χ4n) is 4.06. The van der Waals surface area contributed by atoms with E-state index in [9.17, 15) is 22.4 Å². The minimum Gasteiger partial charge on any atom is -0.403 e. The zero-order valence-corrected chi connectivity index (χ0v) is 15.7. The number of pyridine rings is 1. The van der Waals surface area contributed by atoms with Gasteiger partial charge in [-0.15, -0.1) is 13.2 Å². The van der Waals surface area contributed by atoms with Crippen LogP contribution >= 0.6 is 0 Å². The molecule has 0 unspecified atom stereocenters. The number of benzene rings is 1. The van der Waals surface area contributed by atoms with Crippen LogP contribution in [-0.2, 0) is 11.3 Å². The van der Waals surface area contributed by atoms with Gasteiger partial charge in [0.15, 0.2) is 11.6 Å². The molecule has 4 rings (SSSR count). The summed E-state index contributed by atoms with van der Waals surface area (Å²) in [5, 5.41) is 0. The number of hydrogen-bond donors (Lipinski definition) is 0. The Labute approximate surface area is 164 Å². The fraction of sp³-hybridized carbons (Fsp3) is 0.400. The van der Waals surface area contributed by atoms with Crippen LogP contribution in [0.15, 0.2) is 36.5 Å². The average Bonchev–Trinajstić information content (AvgIpc) is 2.56. The first-order valence-electron chi connectivity index (χ1n) is 9.11. The number of ether oxygens (including phenoxy) is 1. The highest BCUT2D eigenvalue weighted by Gasteiger charge is 2.52. The molecule has 2 aliphatic rings. The number of alkyl halides is 3. The van der Waals surface area contributed by atoms with Crippen LogP contribution in [-0.4, -0.2) is 53.2 Å². The highest BCUT2D eigenvalue weighted by molar-refractivity contribution is 5.74. The second-order valence-electron chi connectivity index (χ2n) is 7.76. The Morgan fingerprint density at radius 2 is 1.90 bits per heavy atom. The molecule has 2 saturated heterocycles. The van der Waals surface area contributed by atoms with Gasteiger partial charge in [0.25, 0.3) is 0 Å². The van der Waals surface area contributed by atoms with Crippen LogP contribution in [0.1, 0.15) is 12.5 Å². The maximum Gasteiger partial charge on any atom is 0.573 e. The van der Waals surface area contributed by atoms with E-state index in [0.29, 0.717) is 17.8 Å². The molecule has 154 valence electrons. The molecule has 29 heavy (non-hydrogen) atoms. The van der Waals surface area contributed by atoms with Crippen molar-refractivity contribution < 1.29 is 27.1 Å². The Morgan fingerprint density at radius 1 is 1.17 bits per heavy atom. The van der Waals surface area contributed by atoms with Gasteiger partial charge in [-0.2, -0.15) is 0 Å². The van der Waals surface area contributed by atoms with Crippen molar-refractivity contribution in [3.63, 3.8) is 0 Å². The molecule has 0 radical (unpaired) electrons. The Bertz CT molecular complexity index is 934. The van der Waals surface area contributed by atoms with E-state index < -0.39 is 17.9 Å². The van der Waals surface area contributed by atoms with Gasteiger partial charge in [0.05, 0.1) is 5.69 Å². The van der Waals surface area contributed by atoms with E-state index in [0.717, 1.165) is 43.9 Å². The van der Waals surface area contributed by atoms with Crippen molar-refractivity contribution >= 4 is 5.91 Å². The molecule has 1 spiro atoms. The number of carbonyl (C=O) groups is 1. The van der Waals surface area contributed by atoms with Gasteiger partial charge in [-0.1, -0.05) is 0 Å². The van der Waals surface area contributed by atoms with Gasteiger partial charge in [0, 0.05) is 56.8 Å². The summed E-state index contributed by atoms with van der Waals surface area (Å²) in [4.78, 5) is 19.6. The molecule has 0 saturated carbocycles. The first-order chi connectivity index (χ1) is 13.6. The molecule has 3 heterocycles. The van der Waals surface area contributed by atoms with Crippen molar-refractivity contribution in [2.24, 2.45) is 5.41 Å². The molecule has 0 bridgehead atoms. The lowest BCUT2D eigenvalue weighted by Crippen LogP contribution is -2.72. The maximum atomic E-state index is 14.0. The Kier molecular flexibility index (Phi) is 4.72. The zero-order valence-electron chi connectivity index (χ0n) is 15.7. The normalized spacial score (nSPS) is 18.3. The Balaban J connectivity index is 1.40. The minimum absolute atomic E-state index is 0.103. The quantitative estimate of drug-likeness (QED) is 0.726. The summed E-state index contributed by atoms with van der Waals surface area (Å²) in [6.45, 7) is 5.68. The third-order valence-corrected chi connectivity index (χ3v) is 5.30. The van der Waals surface area contributed by atoms with E-state index in [1.54, 1.807) is 19.2 Å². The zero-order chi connectivity index (χ0) is 20.8. The molecule has 2 aromatic rings. The van der Waals surface area contributed by atoms with Crippen molar-refractivity contribution in [2.45, 2.75) is 19.8 Å². The van der Waals surface area contributed by atoms with Crippen molar-refractivity contribution in [2.75, 3.05) is 26.2 Å². The third-order valence-electron chi connectivity index (χ3n) is 5.30. The van der Waals surface area contributed by atoms with Crippen LogP contribution in [0.3, 0.4) is 0 Å². The van der Waals surface area contributed by atoms with Crippen molar-refractivity contribution in [1.82, 2.24) is 14.8 Å². The van der Waals surface area contributed by atoms with Gasteiger partial charge >= 0.3 is 6.36 Å². The maximum absolute atomic E-state index is 14.0. The lowest BCUT2D eigenvalue weighted by atomic mass is 9.72. The molecule has 0 N–H and O–H groups in total. The summed E-state index contributed by atoms with van der Waals surface area (Å²) in [5.74, 6) is -1.87. The number of nitrogens with zero attached hydrogens (tertiary/aromatic N) is 3. The number of hydrogen-bond acceptors (Lipinski definition) is 4. The highest BCUT2D eigenvalue weighted by atomic mass is 19.4. The van der Waals surface area contributed by atoms with E-state index in [2.05, 4.69) is 14.6 Å². The summed E-state index contributed by atoms with van der Waals surface area (Å²) in [5.41, 5.74) is 2.03. The molecule has 1 aromatic heterocycles. The third kappa shape index (κ3) is 4.19. The SMILES string of the molecule is CC(=O)N1CC2(CN(Cc3ccnc(-c4ccc(OC(F)(F)F)c(F)c4)c3)C2)C1. The predicted octanol–water partition coefficient (Wildman–Crippen LogP) is 3.45. The average molecular weight is 409 g/mol. The van der Waals surface area contributed by atoms with Gasteiger partial charge in [0.2, 0.25) is 5.91 Å². The standard InChI is InChI=1S/C20H19F4N3O2/c1-13(28)27-11-19(12-27)9-26(10-19)8-14-4-5-25-17(6-14)15-2-3-18(16(21)7-15)29-20(22,23)24/h2-7H,8-12H2,1H3. The molecule has 5 nitrogen and oxygen atoms in total. The first-order valence-corrected chi connectivity index (χ1v) is 9.11. The number of halogens is 4. The summed E-state index contributed by atoms with van der Waals surface area (Å²) in [6, 6.07) is 6.93. The second-order valence-corrected chi connectivity index (χ2v) is 7.76. The molecule has 2 aliphatic heterocycles. The largest absolute Gasteiger partial charge is 0.573 e. The van der Waals surface area contributed by atoms with Gasteiger partial charge in [-0.25, -0.2) is 4.39 Å². The van der Waals surface area contributed by atoms with Gasteiger partial charge in [-0.3, -0.25) is 14.7 Å². The van der Waals surface area contributed by atoms with E-state index >= 15 is 0 Å². The molecule has 1 aromatic carbocycles. The van der Waals surface area contributed by atoms with Gasteiger partial charge < -0.3 is 9.64 Å². The number of amides is 1. The molecular weight excluding hydrogens is 390 g/mol. The number of aromatic nitrogens is 1. The summed E-state index contributed by atoms with van der Waals surface area (Å²) < 4.78 is 54.5. The lowest BCUT2D eigenvalue weighted by Gasteiger charge is -2.60. The highest BCUT2D eigenvalue weighted by Crippen LogP contribution is 2.40. The number of carbonyl (C=O) groups excluding carboxylic acids is 1. The summed E-state index contributed by atoms with van der Waals surface area (Å²) in [6.07, 6.45) is -3.35. The van der Waals surface area contributed by atoms with E-state index in [-0.39, 0.29) is 11.3 Å². The smallest absolute Gasteiger partial charge is 0.403 e. The first kappa shape index (κ1) is 19.6. The van der Waals surface area contributed by atoms with Gasteiger partial charge in [-0.05, 0) is 35.9 Å². The number of rotatable bonds is 4. The summed E-state index contributed by atoms with van der Waals surface area (Å²) >= 11 is 0. The van der Waals surface area contributed by atoms with Crippen LogP contribution in [0, 0.1) is 11.2 Å². The van der Waals surface area contributed by atoms with Crippen LogP contribution in [0.4, 0.5) is 17.6 Å². The summed E-state index contributed by atoms with van der Waals surface area (Å²) in [7, 11) is 0. The van der Waals surface area contributed by atoms with Crippen LogP contribution < -0.4 is 4.74 Å². The van der Waals surface area contributed by atoms with Crippen molar-refractivity contribution in [3.8, 4) is 17.0 Å². The molecule has 2 fully saturated rings. The van der Waals surface area contributed by atoms with Gasteiger partial charge in [0.1, 0.15) is 0 Å². The predicted molar refractivity (Wildman–Crippen MR) is 96.3 cm³/mol. The minimum atomic E-state index is -4.95. The lowest BCUT2D eigenvalue weighted by molar-refractivity contribution is -0.275. The molecule has 0 atom stereocenters. The molecule has 0 aliphatic carbocycles. The van der Waals surface area contributed by atoms with Crippen LogP contribution in [0.25, 0.3) is 11.3 Å².